The van der Waals surface area contributed by atoms with Gasteiger partial charge in [-0.1, -0.05) is 97.1 Å². The molecule has 0 bridgehead atoms. The summed E-state index contributed by atoms with van der Waals surface area (Å²) in [5.41, 5.74) is 0.316. The molecule has 0 radical (unpaired) electrons. The fraction of sp³-hybridized carbons (Fsp3) is 0.0625. The first-order chi connectivity index (χ1) is 19.3. The molecule has 0 heterocycles. The van der Waals surface area contributed by atoms with Crippen molar-refractivity contribution in [1.29, 1.82) is 0 Å². The van der Waals surface area contributed by atoms with E-state index in [2.05, 4.69) is 10.6 Å². The lowest BCUT2D eigenvalue weighted by molar-refractivity contribution is -0.117. The molecule has 0 aliphatic heterocycles. The topological polar surface area (TPSA) is 116 Å². The van der Waals surface area contributed by atoms with Gasteiger partial charge in [-0.25, -0.2) is 0 Å². The number of amides is 2. The van der Waals surface area contributed by atoms with Gasteiger partial charge in [0.25, 0.3) is 0 Å². The maximum Gasteiger partial charge on any atom is 0.342 e. The van der Waals surface area contributed by atoms with Crippen molar-refractivity contribution < 1.29 is 23.9 Å². The molecule has 5 rings (SSSR count). The van der Waals surface area contributed by atoms with E-state index in [-0.39, 0.29) is 11.5 Å². The fourth-order valence-electron chi connectivity index (χ4n) is 4.68. The second kappa shape index (κ2) is 11.7. The van der Waals surface area contributed by atoms with Gasteiger partial charge in [-0.15, -0.1) is 0 Å². The summed E-state index contributed by atoms with van der Waals surface area (Å²) in [6.45, 7) is 0.361. The average Bonchev–Trinajstić information content (AvgIpc) is 2.95. The summed E-state index contributed by atoms with van der Waals surface area (Å²) >= 11 is 0. The van der Waals surface area contributed by atoms with Crippen molar-refractivity contribution in [3.05, 3.63) is 132 Å². The Kier molecular flexibility index (Phi) is 7.89. The van der Waals surface area contributed by atoms with Crippen LogP contribution in [0.15, 0.2) is 115 Å². The highest BCUT2D eigenvalue weighted by atomic mass is 31.2. The zero-order valence-corrected chi connectivity index (χ0v) is 22.3. The molecule has 40 heavy (non-hydrogen) atoms. The molecule has 0 saturated heterocycles. The zero-order chi connectivity index (χ0) is 28.1. The monoisotopic (exact) mass is 550 g/mol. The molecule has 0 aliphatic rings. The Balaban J connectivity index is 1.47. The average molecular weight is 551 g/mol. The third kappa shape index (κ3) is 6.19. The number of carbonyl (C=O) groups excluding carboxylic acids is 2. The molecule has 0 spiro atoms. The molecule has 0 fully saturated rings. The summed E-state index contributed by atoms with van der Waals surface area (Å²) in [5, 5.41) is 8.62. The third-order valence-electron chi connectivity index (χ3n) is 6.60. The minimum absolute atomic E-state index is 0.238. The minimum atomic E-state index is -4.92. The smallest absolute Gasteiger partial charge is 0.342 e. The SMILES string of the molecule is O=C(/C=C/c1cc2ccccc2cc1NC(=O)C(c1cccc2ccccc12)P(=O)(O)O)NCc1ccccc1. The van der Waals surface area contributed by atoms with Crippen molar-refractivity contribution in [2.24, 2.45) is 0 Å². The number of nitrogens with one attached hydrogen (secondary N) is 2. The van der Waals surface area contributed by atoms with E-state index in [1.807, 2.05) is 78.9 Å². The largest absolute Gasteiger partial charge is 0.348 e. The van der Waals surface area contributed by atoms with Gasteiger partial charge in [0.05, 0.1) is 0 Å². The summed E-state index contributed by atoms with van der Waals surface area (Å²) in [6.07, 6.45) is 2.95. The second-order valence-electron chi connectivity index (χ2n) is 9.37. The standard InChI is InChI=1S/C32H27N2O5P/c35-30(33-21-22-9-2-1-3-10-22)18-17-26-19-24-12-4-5-13-25(24)20-29(26)34-32(36)31(40(37,38)39)28-16-8-14-23-11-6-7-15-27(23)28/h1-20,31H,21H2,(H,33,35)(H,34,36)(H2,37,38,39)/b18-17+. The number of rotatable bonds is 8. The van der Waals surface area contributed by atoms with Crippen LogP contribution in [-0.4, -0.2) is 21.6 Å². The molecule has 7 nitrogen and oxygen atoms in total. The molecule has 0 aromatic heterocycles. The van der Waals surface area contributed by atoms with Gasteiger partial charge in [-0.05, 0) is 56.4 Å². The van der Waals surface area contributed by atoms with E-state index in [1.54, 1.807) is 36.4 Å². The van der Waals surface area contributed by atoms with Gasteiger partial charge < -0.3 is 20.4 Å². The van der Waals surface area contributed by atoms with Crippen LogP contribution in [-0.2, 0) is 20.7 Å². The van der Waals surface area contributed by atoms with E-state index in [4.69, 9.17) is 0 Å². The van der Waals surface area contributed by atoms with Crippen molar-refractivity contribution in [1.82, 2.24) is 5.32 Å². The number of benzene rings is 5. The highest BCUT2D eigenvalue weighted by Crippen LogP contribution is 2.53. The Hall–Kier alpha value is -4.55. The predicted octanol–water partition coefficient (Wildman–Crippen LogP) is 6.18. The molecule has 5 aromatic carbocycles. The molecule has 0 saturated carbocycles. The Labute approximate surface area is 231 Å². The van der Waals surface area contributed by atoms with Crippen molar-refractivity contribution in [2.75, 3.05) is 5.32 Å². The number of fused-ring (bicyclic) bond motifs is 2. The van der Waals surface area contributed by atoms with Gasteiger partial charge in [0.1, 0.15) is 0 Å². The molecular formula is C32H27N2O5P. The van der Waals surface area contributed by atoms with Crippen molar-refractivity contribution in [3.63, 3.8) is 0 Å². The van der Waals surface area contributed by atoms with Gasteiger partial charge >= 0.3 is 7.60 Å². The Morgan fingerprint density at radius 3 is 2.12 bits per heavy atom. The quantitative estimate of drug-likeness (QED) is 0.136. The number of carbonyl (C=O) groups is 2. The predicted molar refractivity (Wildman–Crippen MR) is 159 cm³/mol. The lowest BCUT2D eigenvalue weighted by Crippen LogP contribution is -2.22. The van der Waals surface area contributed by atoms with Gasteiger partial charge in [-0.3, -0.25) is 14.2 Å². The molecule has 1 atom stereocenters. The molecule has 2 amide bonds. The fourth-order valence-corrected chi connectivity index (χ4v) is 5.64. The molecule has 200 valence electrons. The lowest BCUT2D eigenvalue weighted by Gasteiger charge is -2.21. The number of hydrogen-bond donors (Lipinski definition) is 4. The van der Waals surface area contributed by atoms with E-state index in [1.165, 1.54) is 6.08 Å². The normalized spacial score (nSPS) is 12.4. The van der Waals surface area contributed by atoms with Crippen LogP contribution < -0.4 is 10.6 Å². The van der Waals surface area contributed by atoms with Crippen LogP contribution in [0.3, 0.4) is 0 Å². The molecule has 4 N–H and O–H groups in total. The van der Waals surface area contributed by atoms with Crippen molar-refractivity contribution >= 4 is 52.7 Å². The Morgan fingerprint density at radius 2 is 1.40 bits per heavy atom. The van der Waals surface area contributed by atoms with Crippen LogP contribution in [0.4, 0.5) is 5.69 Å². The highest BCUT2D eigenvalue weighted by molar-refractivity contribution is 7.53. The number of anilines is 1. The molecule has 8 heteroatoms. The maximum absolute atomic E-state index is 13.6. The van der Waals surface area contributed by atoms with Crippen LogP contribution in [0.5, 0.6) is 0 Å². The van der Waals surface area contributed by atoms with E-state index < -0.39 is 19.2 Å². The lowest BCUT2D eigenvalue weighted by atomic mass is 10.0. The van der Waals surface area contributed by atoms with E-state index in [0.717, 1.165) is 21.7 Å². The van der Waals surface area contributed by atoms with Crippen LogP contribution >= 0.6 is 7.60 Å². The molecule has 1 unspecified atom stereocenters. The Morgan fingerprint density at radius 1 is 0.775 bits per heavy atom. The highest BCUT2D eigenvalue weighted by Gasteiger charge is 2.38. The summed E-state index contributed by atoms with van der Waals surface area (Å²) in [5.74, 6) is -1.17. The first-order valence-electron chi connectivity index (χ1n) is 12.7. The van der Waals surface area contributed by atoms with Crippen LogP contribution in [0.1, 0.15) is 22.3 Å². The molecule has 5 aromatic rings. The third-order valence-corrected chi connectivity index (χ3v) is 7.79. The summed E-state index contributed by atoms with van der Waals surface area (Å²) < 4.78 is 12.7. The molecular weight excluding hydrogens is 523 g/mol. The maximum atomic E-state index is 13.6. The molecule has 0 aliphatic carbocycles. The number of hydrogen-bond acceptors (Lipinski definition) is 3. The van der Waals surface area contributed by atoms with Crippen LogP contribution in [0.25, 0.3) is 27.6 Å². The zero-order valence-electron chi connectivity index (χ0n) is 21.4. The van der Waals surface area contributed by atoms with Crippen LogP contribution in [0.2, 0.25) is 0 Å². The van der Waals surface area contributed by atoms with Gasteiger partial charge in [0, 0.05) is 18.3 Å². The minimum Gasteiger partial charge on any atom is -0.348 e. The van der Waals surface area contributed by atoms with E-state index in [9.17, 15) is 23.9 Å². The van der Waals surface area contributed by atoms with Gasteiger partial charge in [-0.2, -0.15) is 0 Å². The summed E-state index contributed by atoms with van der Waals surface area (Å²) in [7, 11) is -4.92. The van der Waals surface area contributed by atoms with Gasteiger partial charge in [0.2, 0.25) is 11.8 Å². The second-order valence-corrected chi connectivity index (χ2v) is 11.1. The van der Waals surface area contributed by atoms with Crippen molar-refractivity contribution in [3.8, 4) is 0 Å². The first-order valence-corrected chi connectivity index (χ1v) is 14.3. The van der Waals surface area contributed by atoms with E-state index in [0.29, 0.717) is 23.2 Å². The first kappa shape index (κ1) is 27.0. The summed E-state index contributed by atoms with van der Waals surface area (Å²) in [6, 6.07) is 32.8. The Bertz CT molecular complexity index is 1770. The summed E-state index contributed by atoms with van der Waals surface area (Å²) in [4.78, 5) is 46.7. The van der Waals surface area contributed by atoms with Gasteiger partial charge in [0.15, 0.2) is 5.66 Å². The van der Waals surface area contributed by atoms with E-state index >= 15 is 0 Å². The van der Waals surface area contributed by atoms with Crippen LogP contribution in [0, 0.1) is 0 Å². The van der Waals surface area contributed by atoms with Crippen molar-refractivity contribution in [2.45, 2.75) is 12.2 Å².